The number of rotatable bonds is 17. The second-order valence-corrected chi connectivity index (χ2v) is 31.3. The molecule has 14 nitrogen and oxygen atoms in total. The normalized spacial score (nSPS) is 15.1. The summed E-state index contributed by atoms with van der Waals surface area (Å²) in [6, 6.07) is 41.1. The van der Waals surface area contributed by atoms with Crippen LogP contribution in [0, 0.1) is 24.4 Å². The van der Waals surface area contributed by atoms with E-state index in [9.17, 15) is 21.6 Å². The van der Waals surface area contributed by atoms with Crippen molar-refractivity contribution >= 4 is 77.1 Å². The highest BCUT2D eigenvalue weighted by atomic mass is 32.2. The minimum atomic E-state index is -3.97. The van der Waals surface area contributed by atoms with Gasteiger partial charge < -0.3 is 24.2 Å². The molecular weight excluding hydrogens is 1350 g/mol. The summed E-state index contributed by atoms with van der Waals surface area (Å²) < 4.78 is 88.1. The van der Waals surface area contributed by atoms with E-state index in [1.165, 1.54) is 158 Å². The number of aromatic amines is 2. The lowest BCUT2D eigenvalue weighted by molar-refractivity contribution is 0.177. The number of piperidine rings is 3. The first-order valence-electron chi connectivity index (χ1n) is 34.5. The number of methoxy groups -OCH3 is 3. The van der Waals surface area contributed by atoms with Crippen molar-refractivity contribution < 1.29 is 35.8 Å². The molecule has 16 rings (SSSR count). The van der Waals surface area contributed by atoms with Gasteiger partial charge in [0.1, 0.15) is 11.3 Å². The molecule has 9 aromatic heterocycles. The van der Waals surface area contributed by atoms with Crippen LogP contribution in [0.2, 0.25) is 0 Å². The number of halogens is 3. The van der Waals surface area contributed by atoms with E-state index in [0.717, 1.165) is 97.6 Å². The Morgan fingerprint density at radius 3 is 1.39 bits per heavy atom. The lowest BCUT2D eigenvalue weighted by atomic mass is 10.0. The van der Waals surface area contributed by atoms with E-state index in [0.29, 0.717) is 22.6 Å². The maximum Gasteiger partial charge on any atom is 0.269 e. The van der Waals surface area contributed by atoms with E-state index in [1.54, 1.807) is 66.1 Å². The minimum absolute atomic E-state index is 0.0552. The Bertz CT molecular complexity index is 5180. The summed E-state index contributed by atoms with van der Waals surface area (Å²) >= 11 is 5.38. The van der Waals surface area contributed by atoms with Gasteiger partial charge in [-0.25, -0.2) is 40.5 Å². The summed E-state index contributed by atoms with van der Waals surface area (Å²) in [4.78, 5) is 35.6. The summed E-state index contributed by atoms with van der Waals surface area (Å²) in [5, 5.41) is 2.52. The fourth-order valence-corrected chi connectivity index (χ4v) is 18.5. The molecule has 0 aliphatic carbocycles. The number of nitrogens with one attached hydrogen (secondary N) is 2. The summed E-state index contributed by atoms with van der Waals surface area (Å²) in [6.45, 7) is 13.2. The van der Waals surface area contributed by atoms with Crippen molar-refractivity contribution in [3.63, 3.8) is 0 Å². The van der Waals surface area contributed by atoms with Gasteiger partial charge in [-0.2, -0.15) is 0 Å². The number of H-pyrrole nitrogens is 2. The third-order valence-corrected chi connectivity index (χ3v) is 24.7. The van der Waals surface area contributed by atoms with Crippen LogP contribution in [-0.2, 0) is 23.1 Å². The standard InChI is InChI=1S/C31H30FN3O3S2.C25H26FN3OS.C24H24FN3OS/c1-21-9-12-24(13-10-21)40(36,37)35-20-27(25-7-6-8-28(32)30(25)38-2)26-17-22(18-33-31(26)35)29-14-11-23(39-29)19-34-15-4-3-5-16-34;1-16(29-11-4-3-5-12-29)22-9-10-23(31-22)17-13-19-20(15-28-25(19)27-14-17)18-7-6-8-21(26)24(18)30-2;1-29-23-18(6-5-7-21(23)25)20-14-27-24-19(20)12-16(13-26-24)22-9-8-17(30-22)15-28-10-3-2-4-11-28/h6-14,17-18,20H,3-5,15-16,19H2,1-2H3;6-10,13-16H,3-5,11-12H2,1-2H3,(H,27,28);5-9,12-14H,2-4,10-11,15H2,1H3,(H,26,27). The van der Waals surface area contributed by atoms with Crippen molar-refractivity contribution in [2.24, 2.45) is 0 Å². The Kier molecular flexibility index (Phi) is 21.0. The molecule has 1 atom stereocenters. The lowest BCUT2D eigenvalue weighted by Crippen LogP contribution is -2.31. The van der Waals surface area contributed by atoms with Gasteiger partial charge >= 0.3 is 0 Å². The highest BCUT2D eigenvalue weighted by Gasteiger charge is 2.27. The van der Waals surface area contributed by atoms with Gasteiger partial charge in [-0.1, -0.05) is 73.4 Å². The zero-order valence-electron chi connectivity index (χ0n) is 57.2. The Labute approximate surface area is 599 Å². The van der Waals surface area contributed by atoms with Gasteiger partial charge in [-0.15, -0.1) is 34.0 Å². The number of hydrogen-bond donors (Lipinski definition) is 2. The number of aryl methyl sites for hydroxylation is 1. The fraction of sp³-hybridized carbons (Fsp3) is 0.287. The molecule has 3 saturated heterocycles. The van der Waals surface area contributed by atoms with E-state index in [-0.39, 0.29) is 39.4 Å². The Morgan fingerprint density at radius 1 is 0.485 bits per heavy atom. The van der Waals surface area contributed by atoms with Gasteiger partial charge in [-0.3, -0.25) is 14.7 Å². The number of pyridine rings is 3. The Balaban J connectivity index is 0.000000130. The quantitative estimate of drug-likeness (QED) is 0.0898. The second kappa shape index (κ2) is 30.7. The largest absolute Gasteiger partial charge is 0.493 e. The first-order valence-corrected chi connectivity index (χ1v) is 38.4. The molecule has 12 heterocycles. The maximum atomic E-state index is 14.8. The number of thiophene rings is 3. The number of likely N-dealkylation sites (tertiary alicyclic amines) is 3. The van der Waals surface area contributed by atoms with E-state index in [1.807, 2.05) is 72.6 Å². The van der Waals surface area contributed by atoms with Gasteiger partial charge in [0.15, 0.2) is 40.3 Å². The molecule has 3 fully saturated rings. The molecule has 21 heteroatoms. The van der Waals surface area contributed by atoms with Crippen LogP contribution in [0.25, 0.3) is 97.8 Å². The molecule has 3 aliphatic heterocycles. The average molecular weight is 1430 g/mol. The van der Waals surface area contributed by atoms with Crippen molar-refractivity contribution in [3.8, 4) is 82.0 Å². The van der Waals surface area contributed by atoms with Crippen LogP contribution in [0.3, 0.4) is 0 Å². The molecule has 0 bridgehead atoms. The van der Waals surface area contributed by atoms with Crippen molar-refractivity contribution in [1.82, 2.24) is 43.6 Å². The molecule has 1 unspecified atom stereocenters. The van der Waals surface area contributed by atoms with E-state index in [2.05, 4.69) is 95.1 Å². The third kappa shape index (κ3) is 14.8. The number of hydrogen-bond acceptors (Lipinski definition) is 14. The number of benzene rings is 4. The molecule has 101 heavy (non-hydrogen) atoms. The maximum absolute atomic E-state index is 14.8. The van der Waals surface area contributed by atoms with Crippen LogP contribution >= 0.6 is 34.0 Å². The van der Waals surface area contributed by atoms with Gasteiger partial charge in [0.05, 0.1) is 26.2 Å². The van der Waals surface area contributed by atoms with Crippen LogP contribution < -0.4 is 14.2 Å². The van der Waals surface area contributed by atoms with Crippen LogP contribution in [0.5, 0.6) is 17.2 Å². The van der Waals surface area contributed by atoms with E-state index >= 15 is 0 Å². The number of fused-ring (bicyclic) bond motifs is 3. The highest BCUT2D eigenvalue weighted by Crippen LogP contribution is 2.44. The smallest absolute Gasteiger partial charge is 0.269 e. The van der Waals surface area contributed by atoms with Crippen molar-refractivity contribution in [1.29, 1.82) is 0 Å². The number of para-hydroxylation sites is 3. The molecule has 13 aromatic rings. The fourth-order valence-electron chi connectivity index (χ4n) is 14.1. The van der Waals surface area contributed by atoms with E-state index < -0.39 is 15.8 Å². The first-order chi connectivity index (χ1) is 49.2. The summed E-state index contributed by atoms with van der Waals surface area (Å²) in [7, 11) is 0.427. The monoisotopic (exact) mass is 1430 g/mol. The molecule has 3 aliphatic rings. The first kappa shape index (κ1) is 69.2. The Morgan fingerprint density at radius 2 is 0.911 bits per heavy atom. The Hall–Kier alpha value is -8.93. The average Bonchev–Trinajstić information content (AvgIpc) is 1.60. The predicted octanol–water partition coefficient (Wildman–Crippen LogP) is 19.9. The van der Waals surface area contributed by atoms with Gasteiger partial charge in [0.2, 0.25) is 0 Å². The van der Waals surface area contributed by atoms with Crippen LogP contribution in [0.1, 0.15) is 90.9 Å². The number of nitrogens with zero attached hydrogens (tertiary/aromatic N) is 7. The summed E-state index contributed by atoms with van der Waals surface area (Å²) in [5.41, 5.74) is 10.0. The number of ether oxygens (including phenoxy) is 3. The SMILES string of the molecule is COc1c(F)cccc1-c1c[nH]c2ncc(-c3ccc(C(C)N4CCCCC4)s3)cc12.COc1c(F)cccc1-c1c[nH]c2ncc(-c3ccc(CN4CCCCC4)s3)cc12.COc1c(F)cccc1-c1cn(S(=O)(=O)c2ccc(C)cc2)c2ncc(-c3ccc(CN4CCCCC4)s3)cc12. The molecule has 520 valence electrons. The van der Waals surface area contributed by atoms with Gasteiger partial charge in [0.25, 0.3) is 10.0 Å². The molecule has 0 amide bonds. The topological polar surface area (TPSA) is 147 Å². The van der Waals surface area contributed by atoms with Crippen LogP contribution in [0.15, 0.2) is 176 Å². The summed E-state index contributed by atoms with van der Waals surface area (Å²) in [6.07, 6.45) is 22.5. The van der Waals surface area contributed by atoms with Gasteiger partial charge in [0, 0.05) is 152 Å². The molecule has 0 radical (unpaired) electrons. The molecule has 2 N–H and O–H groups in total. The zero-order valence-corrected chi connectivity index (χ0v) is 60.5. The molecule has 0 spiro atoms. The minimum Gasteiger partial charge on any atom is -0.493 e. The van der Waals surface area contributed by atoms with Crippen LogP contribution in [0.4, 0.5) is 13.2 Å². The molecule has 0 saturated carbocycles. The highest BCUT2D eigenvalue weighted by molar-refractivity contribution is 7.90. The van der Waals surface area contributed by atoms with Crippen LogP contribution in [-0.4, -0.2) is 113 Å². The molecule has 4 aromatic carbocycles. The predicted molar refractivity (Wildman–Crippen MR) is 404 cm³/mol. The van der Waals surface area contributed by atoms with E-state index in [4.69, 9.17) is 14.2 Å². The zero-order chi connectivity index (χ0) is 69.7. The molecular formula is C80H80F3N9O5S4. The summed E-state index contributed by atoms with van der Waals surface area (Å²) in [5.74, 6) is -0.694. The second-order valence-electron chi connectivity index (χ2n) is 26.0. The van der Waals surface area contributed by atoms with Crippen molar-refractivity contribution in [2.45, 2.75) is 95.7 Å². The lowest BCUT2D eigenvalue weighted by Gasteiger charge is -2.31. The van der Waals surface area contributed by atoms with Crippen molar-refractivity contribution in [3.05, 3.63) is 208 Å². The third-order valence-electron chi connectivity index (χ3n) is 19.4. The van der Waals surface area contributed by atoms with Crippen molar-refractivity contribution in [2.75, 3.05) is 60.6 Å². The van der Waals surface area contributed by atoms with Gasteiger partial charge in [-0.05, 0) is 177 Å². The number of aromatic nitrogens is 6.